The van der Waals surface area contributed by atoms with E-state index in [1.165, 1.54) is 25.7 Å². The average molecular weight is 236 g/mol. The van der Waals surface area contributed by atoms with Gasteiger partial charge >= 0.3 is 0 Å². The van der Waals surface area contributed by atoms with Crippen molar-refractivity contribution in [3.05, 3.63) is 6.07 Å². The summed E-state index contributed by atoms with van der Waals surface area (Å²) in [6.07, 6.45) is 4.98. The molecule has 0 bridgehead atoms. The first kappa shape index (κ1) is 12.0. The van der Waals surface area contributed by atoms with Gasteiger partial charge < -0.3 is 15.4 Å². The van der Waals surface area contributed by atoms with Gasteiger partial charge in [-0.25, -0.2) is 0 Å². The van der Waals surface area contributed by atoms with Gasteiger partial charge in [0.15, 0.2) is 0 Å². The minimum Gasteiger partial charge on any atom is -0.481 e. The number of ether oxygens (including phenoxy) is 1. The van der Waals surface area contributed by atoms with Crippen molar-refractivity contribution in [3.63, 3.8) is 0 Å². The number of hydrogen-bond donors (Lipinski definition) is 1. The van der Waals surface area contributed by atoms with Crippen molar-refractivity contribution < 1.29 is 4.74 Å². The molecule has 2 rings (SSSR count). The van der Waals surface area contributed by atoms with Crippen LogP contribution in [0.4, 0.5) is 11.8 Å². The van der Waals surface area contributed by atoms with Crippen LogP contribution in [0.3, 0.4) is 0 Å². The van der Waals surface area contributed by atoms with Gasteiger partial charge in [-0.15, -0.1) is 0 Å². The SMILES string of the molecule is COc1cc(N2CCCCCC2C)nc(N)n1. The topological polar surface area (TPSA) is 64.3 Å². The normalized spacial score (nSPS) is 21.1. The molecule has 1 aliphatic heterocycles. The van der Waals surface area contributed by atoms with Gasteiger partial charge in [-0.1, -0.05) is 12.8 Å². The average Bonchev–Trinajstić information content (AvgIpc) is 2.53. The Morgan fingerprint density at radius 1 is 1.35 bits per heavy atom. The lowest BCUT2D eigenvalue weighted by Gasteiger charge is -2.28. The van der Waals surface area contributed by atoms with E-state index in [4.69, 9.17) is 10.5 Å². The molecule has 1 aromatic rings. The summed E-state index contributed by atoms with van der Waals surface area (Å²) in [6, 6.07) is 2.36. The molecule has 0 aromatic carbocycles. The molecule has 0 saturated carbocycles. The van der Waals surface area contributed by atoms with Crippen molar-refractivity contribution >= 4 is 11.8 Å². The Labute approximate surface area is 102 Å². The molecule has 1 atom stereocenters. The van der Waals surface area contributed by atoms with Crippen LogP contribution in [0.5, 0.6) is 5.88 Å². The predicted octanol–water partition coefficient (Wildman–Crippen LogP) is 1.84. The Kier molecular flexibility index (Phi) is 3.66. The lowest BCUT2D eigenvalue weighted by Crippen LogP contribution is -2.33. The van der Waals surface area contributed by atoms with Crippen molar-refractivity contribution in [3.8, 4) is 5.88 Å². The van der Waals surface area contributed by atoms with E-state index >= 15 is 0 Å². The summed E-state index contributed by atoms with van der Waals surface area (Å²) in [7, 11) is 1.59. The first-order valence-corrected chi connectivity index (χ1v) is 6.16. The zero-order valence-electron chi connectivity index (χ0n) is 10.5. The zero-order valence-corrected chi connectivity index (χ0v) is 10.5. The lowest BCUT2D eigenvalue weighted by molar-refractivity contribution is 0.397. The van der Waals surface area contributed by atoms with Gasteiger partial charge in [0.1, 0.15) is 5.82 Å². The molecule has 0 radical (unpaired) electrons. The van der Waals surface area contributed by atoms with E-state index in [0.717, 1.165) is 12.4 Å². The first-order valence-electron chi connectivity index (χ1n) is 6.16. The molecule has 0 aliphatic carbocycles. The number of nitrogens with two attached hydrogens (primary N) is 1. The lowest BCUT2D eigenvalue weighted by atomic mass is 10.1. The number of rotatable bonds is 2. The highest BCUT2D eigenvalue weighted by atomic mass is 16.5. The van der Waals surface area contributed by atoms with E-state index in [1.807, 2.05) is 6.07 Å². The summed E-state index contributed by atoms with van der Waals surface area (Å²) < 4.78 is 5.14. The number of nitrogens with zero attached hydrogens (tertiary/aromatic N) is 3. The van der Waals surface area contributed by atoms with E-state index in [-0.39, 0.29) is 5.95 Å². The van der Waals surface area contributed by atoms with E-state index in [2.05, 4.69) is 21.8 Å². The number of anilines is 2. The summed E-state index contributed by atoms with van der Waals surface area (Å²) in [5, 5.41) is 0. The van der Waals surface area contributed by atoms with Crippen molar-refractivity contribution in [2.24, 2.45) is 0 Å². The second-order valence-corrected chi connectivity index (χ2v) is 4.52. The van der Waals surface area contributed by atoms with Gasteiger partial charge in [0.25, 0.3) is 0 Å². The summed E-state index contributed by atoms with van der Waals surface area (Å²) in [5.41, 5.74) is 5.70. The van der Waals surface area contributed by atoms with Gasteiger partial charge in [-0.05, 0) is 19.8 Å². The van der Waals surface area contributed by atoms with E-state index in [1.54, 1.807) is 7.11 Å². The second kappa shape index (κ2) is 5.21. The number of methoxy groups -OCH3 is 1. The van der Waals surface area contributed by atoms with Gasteiger partial charge in [0.2, 0.25) is 11.8 Å². The van der Waals surface area contributed by atoms with Crippen molar-refractivity contribution in [2.75, 3.05) is 24.3 Å². The largest absolute Gasteiger partial charge is 0.481 e. The number of aromatic nitrogens is 2. The third-order valence-corrected chi connectivity index (χ3v) is 3.26. The smallest absolute Gasteiger partial charge is 0.225 e. The maximum Gasteiger partial charge on any atom is 0.225 e. The van der Waals surface area contributed by atoms with Gasteiger partial charge in [0, 0.05) is 18.7 Å². The molecular formula is C12H20N4O. The van der Waals surface area contributed by atoms with Crippen LogP contribution in [0.1, 0.15) is 32.6 Å². The first-order chi connectivity index (χ1) is 8.20. The molecule has 2 heterocycles. The van der Waals surface area contributed by atoms with E-state index < -0.39 is 0 Å². The molecule has 0 amide bonds. The fourth-order valence-corrected chi connectivity index (χ4v) is 2.30. The van der Waals surface area contributed by atoms with Crippen LogP contribution in [0.25, 0.3) is 0 Å². The van der Waals surface area contributed by atoms with Crippen molar-refractivity contribution in [1.29, 1.82) is 0 Å². The van der Waals surface area contributed by atoms with Crippen LogP contribution in [0.2, 0.25) is 0 Å². The van der Waals surface area contributed by atoms with Crippen LogP contribution in [0.15, 0.2) is 6.07 Å². The minimum atomic E-state index is 0.274. The third kappa shape index (κ3) is 2.78. The number of nitrogen functional groups attached to an aromatic ring is 1. The van der Waals surface area contributed by atoms with Crippen LogP contribution >= 0.6 is 0 Å². The molecule has 1 aromatic heterocycles. The summed E-state index contributed by atoms with van der Waals surface area (Å²) in [6.45, 7) is 3.26. The maximum absolute atomic E-state index is 5.70. The molecule has 94 valence electrons. The molecule has 1 fully saturated rings. The highest BCUT2D eigenvalue weighted by Gasteiger charge is 2.19. The van der Waals surface area contributed by atoms with Crippen LogP contribution in [-0.2, 0) is 0 Å². The van der Waals surface area contributed by atoms with Crippen molar-refractivity contribution in [2.45, 2.75) is 38.6 Å². The Balaban J connectivity index is 2.27. The predicted molar refractivity (Wildman–Crippen MR) is 68.3 cm³/mol. The van der Waals surface area contributed by atoms with Gasteiger partial charge in [-0.3, -0.25) is 0 Å². The molecule has 0 spiro atoms. The van der Waals surface area contributed by atoms with Crippen LogP contribution < -0.4 is 15.4 Å². The molecule has 1 unspecified atom stereocenters. The fourth-order valence-electron chi connectivity index (χ4n) is 2.30. The molecule has 5 nitrogen and oxygen atoms in total. The Morgan fingerprint density at radius 3 is 2.94 bits per heavy atom. The van der Waals surface area contributed by atoms with Gasteiger partial charge in [0.05, 0.1) is 7.11 Å². The summed E-state index contributed by atoms with van der Waals surface area (Å²) in [4.78, 5) is 10.6. The Bertz CT molecular complexity index is 383. The molecule has 17 heavy (non-hydrogen) atoms. The Morgan fingerprint density at radius 2 is 2.18 bits per heavy atom. The minimum absolute atomic E-state index is 0.274. The fraction of sp³-hybridized carbons (Fsp3) is 0.667. The second-order valence-electron chi connectivity index (χ2n) is 4.52. The van der Waals surface area contributed by atoms with E-state index in [9.17, 15) is 0 Å². The summed E-state index contributed by atoms with van der Waals surface area (Å²) >= 11 is 0. The van der Waals surface area contributed by atoms with Gasteiger partial charge in [-0.2, -0.15) is 9.97 Å². The van der Waals surface area contributed by atoms with E-state index in [0.29, 0.717) is 11.9 Å². The third-order valence-electron chi connectivity index (χ3n) is 3.26. The summed E-state index contributed by atoms with van der Waals surface area (Å²) in [5.74, 6) is 1.68. The number of hydrogen-bond acceptors (Lipinski definition) is 5. The Hall–Kier alpha value is -1.52. The molecule has 2 N–H and O–H groups in total. The van der Waals surface area contributed by atoms with Crippen LogP contribution in [0, 0.1) is 0 Å². The maximum atomic E-state index is 5.70. The van der Waals surface area contributed by atoms with Crippen molar-refractivity contribution in [1.82, 2.24) is 9.97 Å². The molecule has 5 heteroatoms. The quantitative estimate of drug-likeness (QED) is 0.848. The monoisotopic (exact) mass is 236 g/mol. The highest BCUT2D eigenvalue weighted by molar-refractivity contribution is 5.46. The van der Waals surface area contributed by atoms with Crippen LogP contribution in [-0.4, -0.2) is 29.7 Å². The molecule has 1 saturated heterocycles. The standard InChI is InChI=1S/C12H20N4O/c1-9-6-4-3-5-7-16(9)10-8-11(17-2)15-12(13)14-10/h8-9H,3-7H2,1-2H3,(H2,13,14,15). The molecular weight excluding hydrogens is 216 g/mol. The highest BCUT2D eigenvalue weighted by Crippen LogP contribution is 2.25. The molecule has 1 aliphatic rings. The zero-order chi connectivity index (χ0) is 12.3.